The summed E-state index contributed by atoms with van der Waals surface area (Å²) in [5.41, 5.74) is 10.5. The third-order valence-electron chi connectivity index (χ3n) is 9.55. The number of rotatable bonds is 8. The SMILES string of the molecule is [S-]c1ccc(N(c2ccccc2)c2ccccc2)cc1-c1nc2ccccc2s1.[S-]c1ccc(N(c2ccccc2)c2ccccc2)cc1-c1nc2ccccc2s1.[Zn+2]. The van der Waals surface area contributed by atoms with Crippen LogP contribution in [0.3, 0.4) is 0 Å². The van der Waals surface area contributed by atoms with Gasteiger partial charge in [-0.15, -0.1) is 22.7 Å². The molecule has 0 atom stereocenters. The van der Waals surface area contributed by atoms with Crippen LogP contribution >= 0.6 is 22.7 Å². The zero-order valence-electron chi connectivity index (χ0n) is 31.8. The summed E-state index contributed by atoms with van der Waals surface area (Å²) in [5, 5.41) is 1.92. The van der Waals surface area contributed by atoms with Crippen molar-refractivity contribution in [3.05, 3.63) is 206 Å². The van der Waals surface area contributed by atoms with Gasteiger partial charge in [-0.2, -0.15) is 9.79 Å². The van der Waals surface area contributed by atoms with Crippen LogP contribution in [0.25, 0.3) is 41.6 Å². The first-order valence-electron chi connectivity index (χ1n) is 18.7. The van der Waals surface area contributed by atoms with Gasteiger partial charge in [-0.25, -0.2) is 9.97 Å². The Morgan fingerprint density at radius 1 is 0.339 bits per heavy atom. The molecule has 0 unspecified atom stereocenters. The standard InChI is InChI=1S/2C25H18N2S2.Zn/c2*28-23-16-15-20(17-21(23)25-26-22-13-7-8-14-24(22)29-25)27(18-9-3-1-4-10-18)19-11-5-2-6-12-19;/h2*1-17,28H;/q;;+2/p-2. The molecule has 0 radical (unpaired) electrons. The van der Waals surface area contributed by atoms with Crippen LogP contribution in [-0.4, -0.2) is 9.97 Å². The predicted octanol–water partition coefficient (Wildman–Crippen LogP) is 14.7. The molecule has 2 aromatic heterocycles. The quantitative estimate of drug-likeness (QED) is 0.112. The molecule has 9 heteroatoms. The van der Waals surface area contributed by atoms with Gasteiger partial charge in [0, 0.05) is 34.1 Å². The van der Waals surface area contributed by atoms with Crippen molar-refractivity contribution in [2.45, 2.75) is 9.79 Å². The van der Waals surface area contributed by atoms with E-state index in [4.69, 9.17) is 35.2 Å². The van der Waals surface area contributed by atoms with E-state index in [1.54, 1.807) is 22.7 Å². The number of aromatic nitrogens is 2. The van der Waals surface area contributed by atoms with E-state index in [9.17, 15) is 0 Å². The van der Waals surface area contributed by atoms with Crippen LogP contribution in [0, 0.1) is 0 Å². The van der Waals surface area contributed by atoms with Crippen LogP contribution in [0.1, 0.15) is 0 Å². The summed E-state index contributed by atoms with van der Waals surface area (Å²) >= 11 is 14.7. The van der Waals surface area contributed by atoms with Crippen molar-refractivity contribution in [3.63, 3.8) is 0 Å². The Balaban J connectivity index is 0.000000161. The molecule has 0 saturated carbocycles. The van der Waals surface area contributed by atoms with Gasteiger partial charge in [0.1, 0.15) is 10.0 Å². The minimum atomic E-state index is 0. The van der Waals surface area contributed by atoms with E-state index < -0.39 is 0 Å². The van der Waals surface area contributed by atoms with E-state index >= 15 is 0 Å². The number of anilines is 6. The van der Waals surface area contributed by atoms with Crippen molar-refractivity contribution in [2.24, 2.45) is 0 Å². The van der Waals surface area contributed by atoms with Crippen LogP contribution in [0.4, 0.5) is 34.1 Å². The molecule has 0 aliphatic rings. The van der Waals surface area contributed by atoms with Crippen molar-refractivity contribution >= 4 is 102 Å². The number of thiazole rings is 2. The summed E-state index contributed by atoms with van der Waals surface area (Å²) in [6.07, 6.45) is 0. The van der Waals surface area contributed by atoms with Crippen LogP contribution in [-0.2, 0) is 44.7 Å². The summed E-state index contributed by atoms with van der Waals surface area (Å²) in [4.78, 5) is 15.8. The maximum atomic E-state index is 5.67. The molecule has 0 aliphatic heterocycles. The fourth-order valence-corrected chi connectivity index (χ4v) is 9.39. The predicted molar refractivity (Wildman–Crippen MR) is 251 cm³/mol. The Kier molecular flexibility index (Phi) is 12.5. The molecule has 10 aromatic rings. The van der Waals surface area contributed by atoms with Gasteiger partial charge in [0.25, 0.3) is 0 Å². The summed E-state index contributed by atoms with van der Waals surface area (Å²) in [6.45, 7) is 0. The van der Waals surface area contributed by atoms with E-state index in [2.05, 4.69) is 143 Å². The molecule has 0 amide bonds. The Bertz CT molecular complexity index is 2590. The van der Waals surface area contributed by atoms with Gasteiger partial charge < -0.3 is 35.1 Å². The largest absolute Gasteiger partial charge is 2.00 e. The first-order chi connectivity index (χ1) is 28.6. The molecule has 0 fully saturated rings. The van der Waals surface area contributed by atoms with Crippen molar-refractivity contribution in [2.75, 3.05) is 9.80 Å². The normalized spacial score (nSPS) is 10.7. The average Bonchev–Trinajstić information content (AvgIpc) is 3.92. The van der Waals surface area contributed by atoms with Crippen molar-refractivity contribution < 1.29 is 19.5 Å². The van der Waals surface area contributed by atoms with Gasteiger partial charge in [0.05, 0.1) is 20.4 Å². The van der Waals surface area contributed by atoms with Crippen LogP contribution in [0.5, 0.6) is 0 Å². The number of hydrogen-bond donors (Lipinski definition) is 0. The van der Waals surface area contributed by atoms with Gasteiger partial charge in [0.15, 0.2) is 0 Å². The third kappa shape index (κ3) is 8.81. The van der Waals surface area contributed by atoms with Gasteiger partial charge >= 0.3 is 19.5 Å². The molecule has 2 heterocycles. The minimum absolute atomic E-state index is 0. The van der Waals surface area contributed by atoms with Crippen molar-refractivity contribution in [1.29, 1.82) is 0 Å². The topological polar surface area (TPSA) is 32.3 Å². The van der Waals surface area contributed by atoms with Crippen LogP contribution in [0.15, 0.2) is 216 Å². The molecule has 4 nitrogen and oxygen atoms in total. The zero-order chi connectivity index (χ0) is 39.3. The number of para-hydroxylation sites is 6. The zero-order valence-corrected chi connectivity index (χ0v) is 38.0. The third-order valence-corrected chi connectivity index (χ3v) is 12.4. The van der Waals surface area contributed by atoms with E-state index in [0.29, 0.717) is 0 Å². The maximum absolute atomic E-state index is 5.67. The Morgan fingerprint density at radius 2 is 0.644 bits per heavy atom. The molecule has 280 valence electrons. The van der Waals surface area contributed by atoms with E-state index in [0.717, 1.165) is 76.1 Å². The molecule has 59 heavy (non-hydrogen) atoms. The Labute approximate surface area is 376 Å². The van der Waals surface area contributed by atoms with Crippen LogP contribution < -0.4 is 9.80 Å². The fraction of sp³-hybridized carbons (Fsp3) is 0. The molecular formula is C50H34N4S4Zn. The molecule has 10 rings (SSSR count). The van der Waals surface area contributed by atoms with E-state index in [1.165, 1.54) is 9.40 Å². The minimum Gasteiger partial charge on any atom is -0.779 e. The van der Waals surface area contributed by atoms with Gasteiger partial charge in [0.2, 0.25) is 0 Å². The molecule has 0 bridgehead atoms. The van der Waals surface area contributed by atoms with E-state index in [1.807, 2.05) is 72.8 Å². The molecule has 0 N–H and O–H groups in total. The summed E-state index contributed by atoms with van der Waals surface area (Å²) in [6, 6.07) is 70.4. The summed E-state index contributed by atoms with van der Waals surface area (Å²) < 4.78 is 2.34. The number of hydrogen-bond acceptors (Lipinski definition) is 8. The summed E-state index contributed by atoms with van der Waals surface area (Å²) in [5.74, 6) is 0. The monoisotopic (exact) mass is 882 g/mol. The molecular weight excluding hydrogens is 850 g/mol. The molecule has 0 saturated heterocycles. The molecule has 8 aromatic carbocycles. The van der Waals surface area contributed by atoms with E-state index in [-0.39, 0.29) is 19.5 Å². The molecule has 0 aliphatic carbocycles. The first-order valence-corrected chi connectivity index (χ1v) is 21.2. The van der Waals surface area contributed by atoms with Gasteiger partial charge in [-0.1, -0.05) is 109 Å². The smallest absolute Gasteiger partial charge is 0.779 e. The Morgan fingerprint density at radius 3 is 0.966 bits per heavy atom. The second kappa shape index (κ2) is 18.4. The fourth-order valence-electron chi connectivity index (χ4n) is 6.83. The number of nitrogens with zero attached hydrogens (tertiary/aromatic N) is 4. The maximum Gasteiger partial charge on any atom is 2.00 e. The first kappa shape index (κ1) is 40.0. The van der Waals surface area contributed by atoms with Crippen molar-refractivity contribution in [1.82, 2.24) is 9.97 Å². The summed E-state index contributed by atoms with van der Waals surface area (Å²) in [7, 11) is 0. The second-order valence-corrected chi connectivity index (χ2v) is 16.3. The number of benzene rings is 8. The van der Waals surface area contributed by atoms with Gasteiger partial charge in [-0.3, -0.25) is 0 Å². The molecule has 0 spiro atoms. The van der Waals surface area contributed by atoms with Gasteiger partial charge in [-0.05, 0) is 108 Å². The Hall–Kier alpha value is -5.80. The van der Waals surface area contributed by atoms with Crippen LogP contribution in [0.2, 0.25) is 0 Å². The van der Waals surface area contributed by atoms with Crippen molar-refractivity contribution in [3.8, 4) is 21.1 Å². The number of fused-ring (bicyclic) bond motifs is 2. The second-order valence-electron chi connectivity index (χ2n) is 13.3. The average molecular weight is 885 g/mol.